The molecule has 33 heavy (non-hydrogen) atoms. The van der Waals surface area contributed by atoms with Crippen LogP contribution in [0.1, 0.15) is 53.2 Å². The Labute approximate surface area is 194 Å². The maximum atomic E-state index is 13.6. The van der Waals surface area contributed by atoms with Crippen molar-refractivity contribution >= 4 is 17.2 Å². The third kappa shape index (κ3) is 4.06. The van der Waals surface area contributed by atoms with E-state index in [0.29, 0.717) is 11.4 Å². The van der Waals surface area contributed by atoms with Crippen molar-refractivity contribution in [2.45, 2.75) is 53.2 Å². The molecule has 6 nitrogen and oxygen atoms in total. The molecule has 1 spiro atoms. The van der Waals surface area contributed by atoms with Crippen LogP contribution in [0.4, 0.5) is 11.4 Å². The minimum absolute atomic E-state index is 0.0334. The summed E-state index contributed by atoms with van der Waals surface area (Å²) in [6.45, 7) is 12.2. The van der Waals surface area contributed by atoms with Gasteiger partial charge in [-0.25, -0.2) is 0 Å². The average molecular weight is 447 g/mol. The number of nitrogens with one attached hydrogen (secondary N) is 1. The number of fused-ring (bicyclic) bond motifs is 1. The zero-order valence-electron chi connectivity index (χ0n) is 19.9. The van der Waals surface area contributed by atoms with Crippen molar-refractivity contribution < 1.29 is 14.5 Å². The summed E-state index contributed by atoms with van der Waals surface area (Å²) < 4.78 is 6.49. The molecule has 0 saturated heterocycles. The smallest absolute Gasteiger partial charge is 0.273 e. The van der Waals surface area contributed by atoms with Crippen molar-refractivity contribution in [2.24, 2.45) is 10.8 Å². The van der Waals surface area contributed by atoms with Gasteiger partial charge in [0.1, 0.15) is 11.3 Å². The van der Waals surface area contributed by atoms with Crippen LogP contribution in [-0.4, -0.2) is 16.2 Å². The monoisotopic (exact) mass is 446 g/mol. The van der Waals surface area contributed by atoms with Gasteiger partial charge in [0.05, 0.1) is 16.7 Å². The van der Waals surface area contributed by atoms with Crippen molar-refractivity contribution in [3.8, 4) is 5.75 Å². The topological polar surface area (TPSA) is 81.5 Å². The first-order chi connectivity index (χ1) is 15.3. The van der Waals surface area contributed by atoms with Gasteiger partial charge in [0.25, 0.3) is 5.69 Å². The number of ether oxygens (including phenoxy) is 1. The number of carbonyl (C=O) groups excluding carboxylic acids is 1. The van der Waals surface area contributed by atoms with Crippen LogP contribution in [-0.2, 0) is 4.79 Å². The summed E-state index contributed by atoms with van der Waals surface area (Å²) >= 11 is 0. The van der Waals surface area contributed by atoms with Gasteiger partial charge in [-0.1, -0.05) is 71.9 Å². The maximum Gasteiger partial charge on any atom is 0.273 e. The van der Waals surface area contributed by atoms with Gasteiger partial charge in [0, 0.05) is 17.2 Å². The third-order valence-corrected chi connectivity index (χ3v) is 6.18. The first kappa shape index (κ1) is 22.8. The standard InChI is InChI=1S/C27H30N2O4/c1-25(2,3)19-15-27(16-20(23(19)30)26(4,5)6)24(17-10-8-7-9-11-17)33-22-14-18(29(31)32)12-13-21(22)28-27/h7-16,24,28H,1-6H3/t24-/m0/s1. The van der Waals surface area contributed by atoms with Gasteiger partial charge in [-0.2, -0.15) is 0 Å². The van der Waals surface area contributed by atoms with Gasteiger partial charge in [-0.3, -0.25) is 14.9 Å². The van der Waals surface area contributed by atoms with Crippen LogP contribution in [0.25, 0.3) is 0 Å². The quantitative estimate of drug-likeness (QED) is 0.426. The highest BCUT2D eigenvalue weighted by molar-refractivity contribution is 6.11. The Morgan fingerprint density at radius 2 is 1.52 bits per heavy atom. The van der Waals surface area contributed by atoms with E-state index in [1.807, 2.05) is 84.0 Å². The lowest BCUT2D eigenvalue weighted by molar-refractivity contribution is -0.385. The number of carbonyl (C=O) groups is 1. The highest BCUT2D eigenvalue weighted by Gasteiger charge is 2.49. The van der Waals surface area contributed by atoms with Gasteiger partial charge < -0.3 is 10.1 Å². The Kier molecular flexibility index (Phi) is 5.23. The lowest BCUT2D eigenvalue weighted by atomic mass is 9.67. The van der Waals surface area contributed by atoms with E-state index in [4.69, 9.17) is 4.74 Å². The van der Waals surface area contributed by atoms with E-state index in [9.17, 15) is 14.9 Å². The predicted octanol–water partition coefficient (Wildman–Crippen LogP) is 6.41. The molecule has 1 aliphatic heterocycles. The summed E-state index contributed by atoms with van der Waals surface area (Å²) in [7, 11) is 0. The molecule has 1 heterocycles. The number of benzene rings is 2. The van der Waals surface area contributed by atoms with E-state index in [0.717, 1.165) is 16.7 Å². The number of anilines is 1. The molecule has 0 amide bonds. The van der Waals surface area contributed by atoms with E-state index >= 15 is 0 Å². The first-order valence-corrected chi connectivity index (χ1v) is 11.1. The molecule has 1 aliphatic carbocycles. The maximum absolute atomic E-state index is 13.6. The molecular formula is C27H30N2O4. The van der Waals surface area contributed by atoms with Crippen molar-refractivity contribution in [3.05, 3.63) is 87.5 Å². The van der Waals surface area contributed by atoms with Gasteiger partial charge >= 0.3 is 0 Å². The summed E-state index contributed by atoms with van der Waals surface area (Å²) in [5.41, 5.74) is 1.36. The van der Waals surface area contributed by atoms with Gasteiger partial charge in [0.2, 0.25) is 0 Å². The number of allylic oxidation sites excluding steroid dienone is 2. The van der Waals surface area contributed by atoms with E-state index in [2.05, 4.69) is 5.32 Å². The zero-order valence-corrected chi connectivity index (χ0v) is 19.9. The number of hydrogen-bond donors (Lipinski definition) is 1. The fourth-order valence-electron chi connectivity index (χ4n) is 4.45. The van der Waals surface area contributed by atoms with Gasteiger partial charge in [-0.05, 0) is 34.6 Å². The van der Waals surface area contributed by atoms with Crippen molar-refractivity contribution in [1.29, 1.82) is 0 Å². The molecule has 0 fully saturated rings. The lowest BCUT2D eigenvalue weighted by Crippen LogP contribution is -2.50. The molecule has 1 N–H and O–H groups in total. The molecule has 2 aliphatic rings. The number of nitro benzene ring substituents is 1. The number of nitrogens with zero attached hydrogens (tertiary/aromatic N) is 1. The van der Waals surface area contributed by atoms with E-state index in [1.54, 1.807) is 6.07 Å². The highest BCUT2D eigenvalue weighted by Crippen LogP contribution is 2.50. The van der Waals surface area contributed by atoms with Crippen LogP contribution in [0.15, 0.2) is 71.8 Å². The van der Waals surface area contributed by atoms with Crippen LogP contribution in [0.2, 0.25) is 0 Å². The summed E-state index contributed by atoms with van der Waals surface area (Å²) in [4.78, 5) is 24.5. The number of non-ortho nitro benzene ring substituents is 1. The average Bonchev–Trinajstić information content (AvgIpc) is 2.73. The molecule has 0 saturated carbocycles. The van der Waals surface area contributed by atoms with Crippen molar-refractivity contribution in [3.63, 3.8) is 0 Å². The third-order valence-electron chi connectivity index (χ3n) is 6.18. The molecule has 0 bridgehead atoms. The molecule has 2 aromatic rings. The van der Waals surface area contributed by atoms with E-state index in [1.165, 1.54) is 12.1 Å². The van der Waals surface area contributed by atoms with Gasteiger partial charge in [-0.15, -0.1) is 0 Å². The zero-order chi connectivity index (χ0) is 24.2. The van der Waals surface area contributed by atoms with Crippen molar-refractivity contribution in [2.75, 3.05) is 5.32 Å². The number of Topliss-reactive ketones (excluding diaryl/α,β-unsaturated/α-hetero) is 1. The first-order valence-electron chi connectivity index (χ1n) is 11.1. The van der Waals surface area contributed by atoms with Gasteiger partial charge in [0.15, 0.2) is 11.9 Å². The number of nitro groups is 1. The van der Waals surface area contributed by atoms with Crippen LogP contribution < -0.4 is 10.1 Å². The molecule has 1 atom stereocenters. The fraction of sp³-hybridized carbons (Fsp3) is 0.370. The molecule has 2 aromatic carbocycles. The summed E-state index contributed by atoms with van der Waals surface area (Å²) in [5.74, 6) is 0.459. The van der Waals surface area contributed by atoms with Crippen LogP contribution in [0.3, 0.4) is 0 Å². The molecule has 6 heteroatoms. The predicted molar refractivity (Wildman–Crippen MR) is 129 cm³/mol. The number of rotatable bonds is 2. The fourth-order valence-corrected chi connectivity index (χ4v) is 4.45. The minimum Gasteiger partial charge on any atom is -0.480 e. The van der Waals surface area contributed by atoms with E-state index in [-0.39, 0.29) is 22.3 Å². The Hall–Kier alpha value is -3.41. The van der Waals surface area contributed by atoms with Crippen molar-refractivity contribution in [1.82, 2.24) is 0 Å². The summed E-state index contributed by atoms with van der Waals surface area (Å²) in [6, 6.07) is 14.3. The second kappa shape index (κ2) is 7.58. The summed E-state index contributed by atoms with van der Waals surface area (Å²) in [5, 5.41) is 14.9. The Morgan fingerprint density at radius 3 is 2.03 bits per heavy atom. The van der Waals surface area contributed by atoms with Crippen LogP contribution in [0.5, 0.6) is 5.75 Å². The Morgan fingerprint density at radius 1 is 0.939 bits per heavy atom. The second-order valence-corrected chi connectivity index (χ2v) is 10.8. The molecule has 0 aromatic heterocycles. The molecule has 0 unspecified atom stereocenters. The Bertz CT molecular complexity index is 1150. The Balaban J connectivity index is 1.99. The minimum atomic E-state index is -0.844. The normalized spacial score (nSPS) is 19.7. The van der Waals surface area contributed by atoms with Crippen LogP contribution >= 0.6 is 0 Å². The lowest BCUT2D eigenvalue weighted by Gasteiger charge is -2.47. The molecule has 4 rings (SSSR count). The molecular weight excluding hydrogens is 416 g/mol. The highest BCUT2D eigenvalue weighted by atomic mass is 16.6. The summed E-state index contributed by atoms with van der Waals surface area (Å²) in [6.07, 6.45) is 3.45. The molecule has 172 valence electrons. The SMILES string of the molecule is CC(C)(C)C1=CC2(C=C(C(C)(C)C)C1=O)Nc1ccc([N+](=O)[O-])cc1O[C@H]2c1ccccc1. The second-order valence-electron chi connectivity index (χ2n) is 10.8. The van der Waals surface area contributed by atoms with E-state index < -0.39 is 16.6 Å². The molecule has 0 radical (unpaired) electrons. The van der Waals surface area contributed by atoms with Crippen LogP contribution in [0, 0.1) is 20.9 Å². The number of ketones is 1. The largest absolute Gasteiger partial charge is 0.480 e. The number of hydrogen-bond acceptors (Lipinski definition) is 5.